The Morgan fingerprint density at radius 3 is 2.83 bits per heavy atom. The summed E-state index contributed by atoms with van der Waals surface area (Å²) in [7, 11) is 1.58. The highest BCUT2D eigenvalue weighted by Gasteiger charge is 2.00. The Morgan fingerprint density at radius 2 is 2.25 bits per heavy atom. The largest absolute Gasteiger partial charge is 0.340 e. The maximum Gasteiger partial charge on any atom is 0.326 e. The van der Waals surface area contributed by atoms with E-state index < -0.39 is 0 Å². The molecular weight excluding hydrogens is 172 g/mol. The van der Waals surface area contributed by atoms with Gasteiger partial charge in [0.25, 0.3) is 0 Å². The topological polar surface area (TPSA) is 34.0 Å². The molecule has 1 heterocycles. The molecule has 0 aliphatic rings. The molecule has 0 aliphatic heterocycles. The molecule has 0 radical (unpaired) electrons. The Balaban J connectivity index is 3.23. The number of rotatable bonds is 0. The monoisotopic (exact) mass is 182 g/mol. The van der Waals surface area contributed by atoms with E-state index in [-0.39, 0.29) is 6.03 Å². The van der Waals surface area contributed by atoms with E-state index in [2.05, 4.69) is 5.32 Å². The molecule has 0 unspecified atom stereocenters. The Morgan fingerprint density at radius 1 is 1.58 bits per heavy atom. The molecule has 0 spiro atoms. The van der Waals surface area contributed by atoms with Crippen LogP contribution in [-0.2, 0) is 0 Å². The minimum Gasteiger partial charge on any atom is -0.340 e. The number of nitrogens with one attached hydrogen (secondary N) is 1. The minimum atomic E-state index is -0.205. The van der Waals surface area contributed by atoms with Crippen molar-refractivity contribution in [2.75, 3.05) is 7.05 Å². The van der Waals surface area contributed by atoms with Crippen molar-refractivity contribution in [1.29, 1.82) is 0 Å². The fraction of sp³-hybridized carbons (Fsp3) is 0.250. The summed E-state index contributed by atoms with van der Waals surface area (Å²) in [6.07, 6.45) is 1.71. The van der Waals surface area contributed by atoms with Gasteiger partial charge in [0.2, 0.25) is 0 Å². The van der Waals surface area contributed by atoms with Crippen molar-refractivity contribution in [3.63, 3.8) is 0 Å². The first kappa shape index (κ1) is 8.93. The summed E-state index contributed by atoms with van der Waals surface area (Å²) in [5.41, 5.74) is 1.01. The average Bonchev–Trinajstić information content (AvgIpc) is 2.08. The summed E-state index contributed by atoms with van der Waals surface area (Å²) in [5, 5.41) is 2.51. The molecule has 0 atom stereocenters. The fourth-order valence-corrected chi connectivity index (χ4v) is 1.08. The molecule has 0 fully saturated rings. The third kappa shape index (κ3) is 1.71. The van der Waals surface area contributed by atoms with E-state index >= 15 is 0 Å². The predicted octanol–water partition coefficient (Wildman–Crippen LogP) is 1.71. The first-order valence-corrected chi connectivity index (χ1v) is 3.97. The first-order valence-electron chi connectivity index (χ1n) is 3.56. The van der Waals surface area contributed by atoms with Crippen molar-refractivity contribution in [3.05, 3.63) is 28.5 Å². The molecule has 4 heteroatoms. The van der Waals surface area contributed by atoms with Crippen LogP contribution in [0.2, 0.25) is 0 Å². The number of amides is 1. The van der Waals surface area contributed by atoms with Gasteiger partial charge in [-0.05, 0) is 18.6 Å². The number of aryl methyl sites for hydroxylation is 1. The summed E-state index contributed by atoms with van der Waals surface area (Å²) in [6.45, 7) is 1.91. The van der Waals surface area contributed by atoms with E-state index in [0.717, 1.165) is 5.56 Å². The second kappa shape index (κ2) is 3.49. The average molecular weight is 182 g/mol. The van der Waals surface area contributed by atoms with E-state index in [1.54, 1.807) is 19.3 Å². The van der Waals surface area contributed by atoms with Gasteiger partial charge in [-0.25, -0.2) is 4.79 Å². The number of pyridine rings is 1. The number of hydrogen-bond acceptors (Lipinski definition) is 2. The van der Waals surface area contributed by atoms with E-state index in [1.165, 1.54) is 4.57 Å². The molecule has 1 aromatic heterocycles. The van der Waals surface area contributed by atoms with Gasteiger partial charge in [-0.3, -0.25) is 4.57 Å². The van der Waals surface area contributed by atoms with Crippen LogP contribution < -0.4 is 5.32 Å². The van der Waals surface area contributed by atoms with Gasteiger partial charge in [0.05, 0.1) is 0 Å². The predicted molar refractivity (Wildman–Crippen MR) is 49.9 cm³/mol. The van der Waals surface area contributed by atoms with Crippen LogP contribution in [0.15, 0.2) is 18.3 Å². The molecule has 1 rings (SSSR count). The summed E-state index contributed by atoms with van der Waals surface area (Å²) < 4.78 is 1.92. The summed E-state index contributed by atoms with van der Waals surface area (Å²) in [6, 6.07) is 3.41. The van der Waals surface area contributed by atoms with Gasteiger partial charge in [-0.15, -0.1) is 0 Å². The fourth-order valence-electron chi connectivity index (χ4n) is 0.872. The molecule has 0 saturated carbocycles. The molecular formula is C8H10N2OS. The highest BCUT2D eigenvalue weighted by atomic mass is 32.1. The SMILES string of the molecule is CNC(=O)n1cc(C)ccc1=S. The lowest BCUT2D eigenvalue weighted by Crippen LogP contribution is -2.25. The number of nitrogens with zero attached hydrogens (tertiary/aromatic N) is 1. The van der Waals surface area contributed by atoms with E-state index in [0.29, 0.717) is 4.64 Å². The van der Waals surface area contributed by atoms with Gasteiger partial charge >= 0.3 is 6.03 Å². The third-order valence-electron chi connectivity index (χ3n) is 1.49. The second-order valence-corrected chi connectivity index (χ2v) is 2.89. The molecule has 1 N–H and O–H groups in total. The smallest absolute Gasteiger partial charge is 0.326 e. The lowest BCUT2D eigenvalue weighted by Gasteiger charge is -2.04. The Bertz CT molecular complexity index is 356. The lowest BCUT2D eigenvalue weighted by molar-refractivity contribution is 0.244. The van der Waals surface area contributed by atoms with Crippen molar-refractivity contribution in [2.24, 2.45) is 0 Å². The van der Waals surface area contributed by atoms with Crippen LogP contribution in [0, 0.1) is 11.6 Å². The summed E-state index contributed by atoms with van der Waals surface area (Å²) in [4.78, 5) is 11.2. The van der Waals surface area contributed by atoms with Crippen molar-refractivity contribution < 1.29 is 4.79 Å². The summed E-state index contributed by atoms with van der Waals surface area (Å²) >= 11 is 4.96. The molecule has 0 saturated heterocycles. The molecule has 1 amide bonds. The van der Waals surface area contributed by atoms with Gasteiger partial charge in [-0.1, -0.05) is 18.3 Å². The number of carbonyl (C=O) groups is 1. The lowest BCUT2D eigenvalue weighted by atomic mass is 10.3. The Hall–Kier alpha value is -1.16. The molecule has 0 bridgehead atoms. The summed E-state index contributed by atoms with van der Waals surface area (Å²) in [5.74, 6) is 0. The number of carbonyl (C=O) groups excluding carboxylic acids is 1. The van der Waals surface area contributed by atoms with Gasteiger partial charge in [0, 0.05) is 13.2 Å². The maximum absolute atomic E-state index is 11.2. The van der Waals surface area contributed by atoms with Crippen LogP contribution in [0.5, 0.6) is 0 Å². The van der Waals surface area contributed by atoms with Crippen LogP contribution >= 0.6 is 12.2 Å². The number of hydrogen-bond donors (Lipinski definition) is 1. The van der Waals surface area contributed by atoms with Crippen molar-refractivity contribution in [1.82, 2.24) is 9.88 Å². The van der Waals surface area contributed by atoms with Gasteiger partial charge in [0.1, 0.15) is 4.64 Å². The van der Waals surface area contributed by atoms with E-state index in [4.69, 9.17) is 12.2 Å². The second-order valence-electron chi connectivity index (χ2n) is 2.47. The van der Waals surface area contributed by atoms with Crippen LogP contribution in [0.3, 0.4) is 0 Å². The minimum absolute atomic E-state index is 0.205. The number of aromatic nitrogens is 1. The van der Waals surface area contributed by atoms with Crippen LogP contribution in [0.1, 0.15) is 5.56 Å². The molecule has 3 nitrogen and oxygen atoms in total. The molecule has 0 aliphatic carbocycles. The standard InChI is InChI=1S/C8H10N2OS/c1-6-3-4-7(12)10(5-6)8(11)9-2/h3-5H,1-2H3,(H,9,11). The van der Waals surface area contributed by atoms with Crippen molar-refractivity contribution >= 4 is 18.2 Å². The third-order valence-corrected chi connectivity index (χ3v) is 1.82. The molecule has 12 heavy (non-hydrogen) atoms. The molecule has 0 aromatic carbocycles. The maximum atomic E-state index is 11.2. The van der Waals surface area contributed by atoms with Gasteiger partial charge < -0.3 is 5.32 Å². The Kier molecular flexibility index (Phi) is 2.60. The molecule has 1 aromatic rings. The highest BCUT2D eigenvalue weighted by Crippen LogP contribution is 1.98. The zero-order chi connectivity index (χ0) is 9.14. The zero-order valence-electron chi connectivity index (χ0n) is 7.00. The van der Waals surface area contributed by atoms with Crippen molar-refractivity contribution in [3.8, 4) is 0 Å². The van der Waals surface area contributed by atoms with E-state index in [9.17, 15) is 4.79 Å². The van der Waals surface area contributed by atoms with Crippen LogP contribution in [-0.4, -0.2) is 17.6 Å². The normalized spacial score (nSPS) is 9.50. The quantitative estimate of drug-likeness (QED) is 0.620. The van der Waals surface area contributed by atoms with E-state index in [1.807, 2.05) is 13.0 Å². The van der Waals surface area contributed by atoms with Crippen LogP contribution in [0.25, 0.3) is 0 Å². The Labute approximate surface area is 76.0 Å². The van der Waals surface area contributed by atoms with Crippen molar-refractivity contribution in [2.45, 2.75) is 6.92 Å². The molecule has 64 valence electrons. The van der Waals surface area contributed by atoms with Crippen LogP contribution in [0.4, 0.5) is 4.79 Å². The highest BCUT2D eigenvalue weighted by molar-refractivity contribution is 7.71. The van der Waals surface area contributed by atoms with Gasteiger partial charge in [-0.2, -0.15) is 0 Å². The first-order chi connectivity index (χ1) is 5.65. The van der Waals surface area contributed by atoms with Gasteiger partial charge in [0.15, 0.2) is 0 Å². The zero-order valence-corrected chi connectivity index (χ0v) is 7.81.